The number of benzene rings is 2. The number of amides is 1. The third kappa shape index (κ3) is 4.77. The molecule has 0 aromatic heterocycles. The summed E-state index contributed by atoms with van der Waals surface area (Å²) in [6, 6.07) is 11.6. The van der Waals surface area contributed by atoms with Crippen molar-refractivity contribution in [3.8, 4) is 5.75 Å². The molecule has 174 valence electrons. The number of nitrogens with zero attached hydrogens (tertiary/aromatic N) is 2. The van der Waals surface area contributed by atoms with E-state index in [0.717, 1.165) is 19.6 Å². The van der Waals surface area contributed by atoms with Crippen LogP contribution in [-0.2, 0) is 14.3 Å². The Bertz CT molecular complexity index is 1060. The number of likely N-dealkylation sites (tertiary alicyclic amines) is 1. The number of ether oxygens (including phenoxy) is 2. The number of carbonyl (C=O) groups is 2. The summed E-state index contributed by atoms with van der Waals surface area (Å²) in [5.41, 5.74) is 0.374. The molecule has 7 nitrogen and oxygen atoms in total. The summed E-state index contributed by atoms with van der Waals surface area (Å²) in [4.78, 5) is 29.7. The molecule has 2 heterocycles. The zero-order chi connectivity index (χ0) is 23.4. The van der Waals surface area contributed by atoms with Gasteiger partial charge in [-0.25, -0.2) is 4.39 Å². The van der Waals surface area contributed by atoms with E-state index in [-0.39, 0.29) is 23.4 Å². The summed E-state index contributed by atoms with van der Waals surface area (Å²) in [7, 11) is 1.49. The first-order chi connectivity index (χ1) is 16.0. The molecule has 0 bridgehead atoms. The highest BCUT2D eigenvalue weighted by atomic mass is 19.1. The van der Waals surface area contributed by atoms with E-state index in [1.54, 1.807) is 42.5 Å². The average molecular weight is 454 g/mol. The van der Waals surface area contributed by atoms with E-state index >= 15 is 0 Å². The van der Waals surface area contributed by atoms with Gasteiger partial charge in [0.2, 0.25) is 0 Å². The molecule has 0 radical (unpaired) electrons. The fourth-order valence-electron chi connectivity index (χ4n) is 4.35. The fourth-order valence-corrected chi connectivity index (χ4v) is 4.35. The SMILES string of the molecule is COc1cccc(/C(O)=C2\C(=O)C(=O)N(CCCN3CCOCC3)C2c2ccccc2F)c1. The molecular weight excluding hydrogens is 427 g/mol. The van der Waals surface area contributed by atoms with Crippen LogP contribution in [0, 0.1) is 5.82 Å². The number of ketones is 1. The maximum absolute atomic E-state index is 14.8. The number of rotatable bonds is 7. The van der Waals surface area contributed by atoms with E-state index in [9.17, 15) is 19.1 Å². The molecule has 2 saturated heterocycles. The van der Waals surface area contributed by atoms with Crippen molar-refractivity contribution in [2.45, 2.75) is 12.5 Å². The van der Waals surface area contributed by atoms with Gasteiger partial charge in [0.05, 0.1) is 31.9 Å². The molecule has 0 saturated carbocycles. The van der Waals surface area contributed by atoms with Crippen LogP contribution in [0.4, 0.5) is 4.39 Å². The number of morpholine rings is 1. The normalized spacial score (nSPS) is 20.9. The van der Waals surface area contributed by atoms with Gasteiger partial charge < -0.3 is 19.5 Å². The fraction of sp³-hybridized carbons (Fsp3) is 0.360. The van der Waals surface area contributed by atoms with Crippen molar-refractivity contribution in [2.75, 3.05) is 46.5 Å². The molecule has 1 amide bonds. The van der Waals surface area contributed by atoms with Crippen LogP contribution in [0.2, 0.25) is 0 Å². The highest BCUT2D eigenvalue weighted by Crippen LogP contribution is 2.40. The van der Waals surface area contributed by atoms with E-state index in [4.69, 9.17) is 9.47 Å². The van der Waals surface area contributed by atoms with Gasteiger partial charge in [0.1, 0.15) is 17.3 Å². The number of methoxy groups -OCH3 is 1. The summed E-state index contributed by atoms with van der Waals surface area (Å²) in [6.45, 7) is 3.94. The Balaban J connectivity index is 1.69. The van der Waals surface area contributed by atoms with Gasteiger partial charge in [-0.15, -0.1) is 0 Å². The maximum Gasteiger partial charge on any atom is 0.295 e. The van der Waals surface area contributed by atoms with Crippen molar-refractivity contribution in [1.82, 2.24) is 9.80 Å². The zero-order valence-electron chi connectivity index (χ0n) is 18.5. The molecule has 2 aliphatic rings. The van der Waals surface area contributed by atoms with Crippen molar-refractivity contribution in [3.63, 3.8) is 0 Å². The van der Waals surface area contributed by atoms with Crippen LogP contribution < -0.4 is 4.74 Å². The predicted octanol–water partition coefficient (Wildman–Crippen LogP) is 2.98. The van der Waals surface area contributed by atoms with Gasteiger partial charge in [0, 0.05) is 37.3 Å². The molecule has 0 spiro atoms. The lowest BCUT2D eigenvalue weighted by Crippen LogP contribution is -2.39. The third-order valence-corrected chi connectivity index (χ3v) is 6.06. The number of aliphatic hydroxyl groups is 1. The Morgan fingerprint density at radius 2 is 1.88 bits per heavy atom. The molecule has 8 heteroatoms. The van der Waals surface area contributed by atoms with Gasteiger partial charge >= 0.3 is 0 Å². The number of hydrogen-bond acceptors (Lipinski definition) is 6. The molecule has 1 unspecified atom stereocenters. The first-order valence-electron chi connectivity index (χ1n) is 11.0. The summed E-state index contributed by atoms with van der Waals surface area (Å²) in [6.07, 6.45) is 0.608. The number of Topliss-reactive ketones (excluding diaryl/α,β-unsaturated/α-hetero) is 1. The Morgan fingerprint density at radius 1 is 1.12 bits per heavy atom. The van der Waals surface area contributed by atoms with Crippen LogP contribution in [0.15, 0.2) is 54.1 Å². The minimum atomic E-state index is -1.01. The molecule has 2 aromatic carbocycles. The van der Waals surface area contributed by atoms with E-state index in [0.29, 0.717) is 30.9 Å². The van der Waals surface area contributed by atoms with E-state index < -0.39 is 23.5 Å². The lowest BCUT2D eigenvalue weighted by Gasteiger charge is -2.29. The summed E-state index contributed by atoms with van der Waals surface area (Å²) in [5, 5.41) is 11.1. The first kappa shape index (κ1) is 22.9. The number of aliphatic hydroxyl groups excluding tert-OH is 1. The summed E-state index contributed by atoms with van der Waals surface area (Å²) in [5.74, 6) is -1.97. The van der Waals surface area contributed by atoms with Crippen molar-refractivity contribution in [2.24, 2.45) is 0 Å². The Labute approximate surface area is 192 Å². The molecule has 2 fully saturated rings. The molecule has 33 heavy (non-hydrogen) atoms. The van der Waals surface area contributed by atoms with Crippen molar-refractivity contribution >= 4 is 17.4 Å². The topological polar surface area (TPSA) is 79.3 Å². The number of carbonyl (C=O) groups excluding carboxylic acids is 2. The second kappa shape index (κ2) is 10.1. The van der Waals surface area contributed by atoms with Crippen molar-refractivity contribution in [1.29, 1.82) is 0 Å². The van der Waals surface area contributed by atoms with Gasteiger partial charge in [-0.3, -0.25) is 14.5 Å². The number of hydrogen-bond donors (Lipinski definition) is 1. The lowest BCUT2D eigenvalue weighted by molar-refractivity contribution is -0.140. The maximum atomic E-state index is 14.8. The lowest BCUT2D eigenvalue weighted by atomic mass is 9.95. The quantitative estimate of drug-likeness (QED) is 0.394. The standard InChI is InChI=1S/C25H27FN2O5/c1-32-18-7-4-6-17(16-18)23(29)21-22(19-8-2-3-9-20(19)26)28(25(31)24(21)30)11-5-10-27-12-14-33-15-13-27/h2-4,6-9,16,22,29H,5,10-15H2,1H3/b23-21+. The van der Waals surface area contributed by atoms with Crippen LogP contribution in [0.3, 0.4) is 0 Å². The molecule has 4 rings (SSSR count). The van der Waals surface area contributed by atoms with Crippen LogP contribution in [0.5, 0.6) is 5.75 Å². The van der Waals surface area contributed by atoms with Crippen LogP contribution >= 0.6 is 0 Å². The number of halogens is 1. The summed E-state index contributed by atoms with van der Waals surface area (Å²) < 4.78 is 25.4. The molecule has 2 aromatic rings. The minimum absolute atomic E-state index is 0.121. The van der Waals surface area contributed by atoms with Gasteiger partial charge in [-0.2, -0.15) is 0 Å². The van der Waals surface area contributed by atoms with Gasteiger partial charge in [-0.05, 0) is 24.6 Å². The first-order valence-corrected chi connectivity index (χ1v) is 11.0. The van der Waals surface area contributed by atoms with E-state index in [1.165, 1.54) is 18.1 Å². The van der Waals surface area contributed by atoms with Crippen molar-refractivity contribution < 1.29 is 28.6 Å². The molecule has 2 aliphatic heterocycles. The van der Waals surface area contributed by atoms with Crippen molar-refractivity contribution in [3.05, 3.63) is 71.0 Å². The largest absolute Gasteiger partial charge is 0.507 e. The second-order valence-corrected chi connectivity index (χ2v) is 8.05. The van der Waals surface area contributed by atoms with Crippen LogP contribution in [-0.4, -0.2) is 73.1 Å². The third-order valence-electron chi connectivity index (χ3n) is 6.06. The molecular formula is C25H27FN2O5. The van der Waals surface area contributed by atoms with Crippen LogP contribution in [0.1, 0.15) is 23.6 Å². The molecule has 1 N–H and O–H groups in total. The second-order valence-electron chi connectivity index (χ2n) is 8.05. The molecule has 0 aliphatic carbocycles. The average Bonchev–Trinajstić information content (AvgIpc) is 3.09. The van der Waals surface area contributed by atoms with E-state index in [2.05, 4.69) is 4.90 Å². The Hall–Kier alpha value is -3.23. The Kier molecular flexibility index (Phi) is 7.05. The van der Waals surface area contributed by atoms with Gasteiger partial charge in [-0.1, -0.05) is 30.3 Å². The Morgan fingerprint density at radius 3 is 2.61 bits per heavy atom. The summed E-state index contributed by atoms with van der Waals surface area (Å²) >= 11 is 0. The van der Waals surface area contributed by atoms with Crippen LogP contribution in [0.25, 0.3) is 5.76 Å². The van der Waals surface area contributed by atoms with Gasteiger partial charge in [0.15, 0.2) is 0 Å². The van der Waals surface area contributed by atoms with Gasteiger partial charge in [0.25, 0.3) is 11.7 Å². The highest BCUT2D eigenvalue weighted by molar-refractivity contribution is 6.46. The van der Waals surface area contributed by atoms with E-state index in [1.807, 2.05) is 0 Å². The minimum Gasteiger partial charge on any atom is -0.507 e. The highest BCUT2D eigenvalue weighted by Gasteiger charge is 2.46. The molecule has 1 atom stereocenters. The predicted molar refractivity (Wildman–Crippen MR) is 120 cm³/mol. The zero-order valence-corrected chi connectivity index (χ0v) is 18.5. The monoisotopic (exact) mass is 454 g/mol. The smallest absolute Gasteiger partial charge is 0.295 e.